The summed E-state index contributed by atoms with van der Waals surface area (Å²) in [6.07, 6.45) is 6.73. The molecule has 1 aromatic heterocycles. The minimum atomic E-state index is -0.313. The lowest BCUT2D eigenvalue weighted by molar-refractivity contribution is -0.117. The number of carbonyl (C=O) groups excluding carboxylic acids is 2. The maximum atomic E-state index is 11.8. The molecular weight excluding hydrogens is 232 g/mol. The summed E-state index contributed by atoms with van der Waals surface area (Å²) in [5.74, 6) is 0.126. The van der Waals surface area contributed by atoms with Crippen LogP contribution in [0.2, 0.25) is 0 Å². The molecule has 2 amide bonds. The fourth-order valence-electron chi connectivity index (χ4n) is 2.35. The number of H-pyrrole nitrogens is 1. The Morgan fingerprint density at radius 1 is 1.44 bits per heavy atom. The van der Waals surface area contributed by atoms with Gasteiger partial charge in [0, 0.05) is 19.7 Å². The lowest BCUT2D eigenvalue weighted by atomic mass is 10.0. The van der Waals surface area contributed by atoms with Gasteiger partial charge in [-0.05, 0) is 18.8 Å². The van der Waals surface area contributed by atoms with Crippen molar-refractivity contribution in [3.8, 4) is 0 Å². The molecule has 0 bridgehead atoms. The first-order valence-corrected chi connectivity index (χ1v) is 6.26. The van der Waals surface area contributed by atoms with Gasteiger partial charge >= 0.3 is 0 Å². The zero-order valence-corrected chi connectivity index (χ0v) is 10.5. The minimum absolute atomic E-state index is 0.0477. The summed E-state index contributed by atoms with van der Waals surface area (Å²) in [4.78, 5) is 23.3. The van der Waals surface area contributed by atoms with E-state index >= 15 is 0 Å². The van der Waals surface area contributed by atoms with Gasteiger partial charge in [0.15, 0.2) is 5.69 Å². The Labute approximate surface area is 106 Å². The van der Waals surface area contributed by atoms with Gasteiger partial charge in [0.25, 0.3) is 5.91 Å². The van der Waals surface area contributed by atoms with Crippen molar-refractivity contribution in [1.82, 2.24) is 15.5 Å². The second-order valence-corrected chi connectivity index (χ2v) is 4.63. The van der Waals surface area contributed by atoms with Crippen LogP contribution in [0.4, 0.5) is 5.69 Å². The molecule has 1 heterocycles. The van der Waals surface area contributed by atoms with E-state index in [0.29, 0.717) is 18.0 Å². The SMILES string of the molecule is CNC(=O)c1n[nH]cc1NC(=O)CC1CCCC1. The summed E-state index contributed by atoms with van der Waals surface area (Å²) in [6, 6.07) is 0. The minimum Gasteiger partial charge on any atom is -0.354 e. The monoisotopic (exact) mass is 250 g/mol. The summed E-state index contributed by atoms with van der Waals surface area (Å²) >= 11 is 0. The van der Waals surface area contributed by atoms with Gasteiger partial charge in [-0.25, -0.2) is 0 Å². The fraction of sp³-hybridized carbons (Fsp3) is 0.583. The van der Waals surface area contributed by atoms with Crippen LogP contribution in [0.25, 0.3) is 0 Å². The van der Waals surface area contributed by atoms with Gasteiger partial charge in [-0.2, -0.15) is 5.10 Å². The van der Waals surface area contributed by atoms with Gasteiger partial charge in [0.05, 0.1) is 5.69 Å². The van der Waals surface area contributed by atoms with Crippen molar-refractivity contribution in [3.05, 3.63) is 11.9 Å². The van der Waals surface area contributed by atoms with Crippen molar-refractivity contribution in [3.63, 3.8) is 0 Å². The van der Waals surface area contributed by atoms with E-state index in [1.54, 1.807) is 0 Å². The third-order valence-electron chi connectivity index (χ3n) is 3.31. The number of nitrogens with one attached hydrogen (secondary N) is 3. The molecule has 6 heteroatoms. The Bertz CT molecular complexity index is 435. The second-order valence-electron chi connectivity index (χ2n) is 4.63. The number of hydrogen-bond acceptors (Lipinski definition) is 3. The van der Waals surface area contributed by atoms with E-state index in [4.69, 9.17) is 0 Å². The van der Waals surface area contributed by atoms with Crippen molar-refractivity contribution in [2.45, 2.75) is 32.1 Å². The van der Waals surface area contributed by atoms with Gasteiger partial charge in [-0.3, -0.25) is 14.7 Å². The molecule has 0 aliphatic heterocycles. The molecule has 6 nitrogen and oxygen atoms in total. The molecule has 1 aliphatic carbocycles. The van der Waals surface area contributed by atoms with Gasteiger partial charge in [0.1, 0.15) is 0 Å². The molecule has 1 aliphatic rings. The number of amides is 2. The summed E-state index contributed by atoms with van der Waals surface area (Å²) in [7, 11) is 1.53. The van der Waals surface area contributed by atoms with E-state index in [2.05, 4.69) is 20.8 Å². The molecule has 1 aromatic rings. The van der Waals surface area contributed by atoms with Crippen LogP contribution in [0.15, 0.2) is 6.20 Å². The highest BCUT2D eigenvalue weighted by atomic mass is 16.2. The average molecular weight is 250 g/mol. The van der Waals surface area contributed by atoms with Gasteiger partial charge in [0.2, 0.25) is 5.91 Å². The highest BCUT2D eigenvalue weighted by molar-refractivity contribution is 6.02. The molecule has 0 saturated heterocycles. The normalized spacial score (nSPS) is 15.6. The number of nitrogens with zero attached hydrogens (tertiary/aromatic N) is 1. The molecule has 98 valence electrons. The molecule has 0 aromatic carbocycles. The first-order valence-electron chi connectivity index (χ1n) is 6.26. The molecule has 1 fully saturated rings. The summed E-state index contributed by atoms with van der Waals surface area (Å²) < 4.78 is 0. The zero-order valence-electron chi connectivity index (χ0n) is 10.5. The Balaban J connectivity index is 1.94. The Hall–Kier alpha value is -1.85. The van der Waals surface area contributed by atoms with Crippen molar-refractivity contribution in [1.29, 1.82) is 0 Å². The molecular formula is C12H18N4O2. The number of hydrogen-bond donors (Lipinski definition) is 3. The van der Waals surface area contributed by atoms with Gasteiger partial charge < -0.3 is 10.6 Å². The first kappa shape index (κ1) is 12.6. The summed E-state index contributed by atoms with van der Waals surface area (Å²) in [5, 5.41) is 11.6. The summed E-state index contributed by atoms with van der Waals surface area (Å²) in [6.45, 7) is 0. The van der Waals surface area contributed by atoms with E-state index in [9.17, 15) is 9.59 Å². The van der Waals surface area contributed by atoms with E-state index in [1.165, 1.54) is 26.1 Å². The number of aromatic amines is 1. The van der Waals surface area contributed by atoms with Crippen LogP contribution in [-0.2, 0) is 4.79 Å². The lowest BCUT2D eigenvalue weighted by Gasteiger charge is -2.09. The van der Waals surface area contributed by atoms with Crippen LogP contribution in [0, 0.1) is 5.92 Å². The van der Waals surface area contributed by atoms with Crippen LogP contribution in [0.5, 0.6) is 0 Å². The molecule has 2 rings (SSSR count). The number of carbonyl (C=O) groups is 2. The van der Waals surface area contributed by atoms with Crippen LogP contribution in [0.3, 0.4) is 0 Å². The molecule has 0 radical (unpaired) electrons. The van der Waals surface area contributed by atoms with Crippen LogP contribution in [0.1, 0.15) is 42.6 Å². The third kappa shape index (κ3) is 2.88. The number of anilines is 1. The predicted octanol–water partition coefficient (Wildman–Crippen LogP) is 1.29. The molecule has 1 saturated carbocycles. The lowest BCUT2D eigenvalue weighted by Crippen LogP contribution is -2.22. The molecule has 0 unspecified atom stereocenters. The largest absolute Gasteiger partial charge is 0.354 e. The fourth-order valence-corrected chi connectivity index (χ4v) is 2.35. The topological polar surface area (TPSA) is 86.9 Å². The Morgan fingerprint density at radius 3 is 2.83 bits per heavy atom. The van der Waals surface area contributed by atoms with E-state index in [0.717, 1.165) is 12.8 Å². The first-order chi connectivity index (χ1) is 8.70. The molecule has 0 spiro atoms. The second kappa shape index (κ2) is 5.66. The van der Waals surface area contributed by atoms with Gasteiger partial charge in [-0.1, -0.05) is 12.8 Å². The maximum absolute atomic E-state index is 11.8. The average Bonchev–Trinajstić information content (AvgIpc) is 2.99. The van der Waals surface area contributed by atoms with E-state index in [-0.39, 0.29) is 17.5 Å². The molecule has 3 N–H and O–H groups in total. The van der Waals surface area contributed by atoms with Crippen LogP contribution < -0.4 is 10.6 Å². The van der Waals surface area contributed by atoms with Crippen molar-refractivity contribution in [2.24, 2.45) is 5.92 Å². The molecule has 18 heavy (non-hydrogen) atoms. The quantitative estimate of drug-likeness (QED) is 0.752. The van der Waals surface area contributed by atoms with Crippen LogP contribution in [-0.4, -0.2) is 29.1 Å². The maximum Gasteiger partial charge on any atom is 0.273 e. The highest BCUT2D eigenvalue weighted by Gasteiger charge is 2.20. The van der Waals surface area contributed by atoms with E-state index in [1.807, 2.05) is 0 Å². The molecule has 0 atom stereocenters. The van der Waals surface area contributed by atoms with Crippen LogP contribution >= 0.6 is 0 Å². The number of aromatic nitrogens is 2. The Kier molecular flexibility index (Phi) is 3.96. The Morgan fingerprint density at radius 2 is 2.17 bits per heavy atom. The predicted molar refractivity (Wildman–Crippen MR) is 67.2 cm³/mol. The zero-order chi connectivity index (χ0) is 13.0. The number of rotatable bonds is 4. The van der Waals surface area contributed by atoms with E-state index < -0.39 is 0 Å². The van der Waals surface area contributed by atoms with Crippen molar-refractivity contribution in [2.75, 3.05) is 12.4 Å². The highest BCUT2D eigenvalue weighted by Crippen LogP contribution is 2.27. The summed E-state index contributed by atoms with van der Waals surface area (Å²) in [5.41, 5.74) is 0.662. The van der Waals surface area contributed by atoms with Gasteiger partial charge in [-0.15, -0.1) is 0 Å². The standard InChI is InChI=1S/C12H18N4O2/c1-13-12(18)11-9(7-14-16-11)15-10(17)6-8-4-2-3-5-8/h7-8H,2-6H2,1H3,(H,13,18)(H,14,16)(H,15,17). The van der Waals surface area contributed by atoms with Crippen molar-refractivity contribution < 1.29 is 9.59 Å². The third-order valence-corrected chi connectivity index (χ3v) is 3.31. The van der Waals surface area contributed by atoms with Crippen molar-refractivity contribution >= 4 is 17.5 Å². The smallest absolute Gasteiger partial charge is 0.273 e.